The largest absolute Gasteiger partial charge is 0.417 e. The van der Waals surface area contributed by atoms with Crippen LogP contribution >= 0.6 is 27.5 Å². The number of aromatic nitrogens is 1. The minimum atomic E-state index is -4.82. The van der Waals surface area contributed by atoms with E-state index >= 15 is 0 Å². The Morgan fingerprint density at radius 1 is 1.08 bits per heavy atom. The Hall–Kier alpha value is -1.99. The summed E-state index contributed by atoms with van der Waals surface area (Å²) in [5.41, 5.74) is -4.77. The van der Waals surface area contributed by atoms with Crippen molar-refractivity contribution in [1.29, 1.82) is 5.26 Å². The molecule has 1 aromatic heterocycles. The van der Waals surface area contributed by atoms with E-state index in [4.69, 9.17) is 16.9 Å². The van der Waals surface area contributed by atoms with Crippen molar-refractivity contribution in [3.05, 3.63) is 60.9 Å². The lowest BCUT2D eigenvalue weighted by Gasteiger charge is -2.16. The van der Waals surface area contributed by atoms with Crippen LogP contribution in [0, 0.1) is 11.3 Å². The van der Waals surface area contributed by atoms with Gasteiger partial charge in [-0.3, -0.25) is 9.36 Å². The van der Waals surface area contributed by atoms with Crippen LogP contribution in [0.25, 0.3) is 5.69 Å². The molecule has 2 rings (SSSR count). The predicted molar refractivity (Wildman–Crippen MR) is 79.5 cm³/mol. The summed E-state index contributed by atoms with van der Waals surface area (Å²) in [6.45, 7) is 0. The molecule has 0 bridgehead atoms. The van der Waals surface area contributed by atoms with Gasteiger partial charge in [0.1, 0.15) is 6.07 Å². The number of hydrogen-bond donors (Lipinski definition) is 0. The van der Waals surface area contributed by atoms with Crippen molar-refractivity contribution in [2.24, 2.45) is 0 Å². The number of nitrogens with zero attached hydrogens (tertiary/aromatic N) is 2. The molecule has 0 saturated heterocycles. The highest BCUT2D eigenvalue weighted by Gasteiger charge is 2.35. The summed E-state index contributed by atoms with van der Waals surface area (Å²) in [5.74, 6) is 0. The fourth-order valence-electron chi connectivity index (χ4n) is 1.99. The van der Waals surface area contributed by atoms with Crippen LogP contribution in [0.2, 0.25) is 5.02 Å². The van der Waals surface area contributed by atoms with Crippen molar-refractivity contribution in [3.8, 4) is 11.8 Å². The first-order valence-electron chi connectivity index (χ1n) is 6.17. The molecule has 3 nitrogen and oxygen atoms in total. The molecule has 0 atom stereocenters. The van der Waals surface area contributed by atoms with E-state index in [2.05, 4.69) is 15.9 Å². The van der Waals surface area contributed by atoms with E-state index in [0.29, 0.717) is 22.9 Å². The smallest absolute Gasteiger partial charge is 0.280 e. The highest BCUT2D eigenvalue weighted by atomic mass is 79.9. The minimum absolute atomic E-state index is 0.249. The van der Waals surface area contributed by atoms with E-state index < -0.39 is 49.8 Å². The van der Waals surface area contributed by atoms with E-state index in [1.54, 1.807) is 0 Å². The average Bonchev–Trinajstić information content (AvgIpc) is 2.46. The third-order valence-corrected chi connectivity index (χ3v) is 3.98. The summed E-state index contributed by atoms with van der Waals surface area (Å²) in [6, 6.07) is 2.65. The normalized spacial score (nSPS) is 12.1. The first-order chi connectivity index (χ1) is 11.4. The maximum absolute atomic E-state index is 12.8. The van der Waals surface area contributed by atoms with Crippen LogP contribution in [0.1, 0.15) is 16.7 Å². The van der Waals surface area contributed by atoms with Gasteiger partial charge in [-0.25, -0.2) is 0 Å². The van der Waals surface area contributed by atoms with Crippen LogP contribution in [-0.2, 0) is 12.4 Å². The second-order valence-electron chi connectivity index (χ2n) is 4.70. The van der Waals surface area contributed by atoms with Crippen LogP contribution in [0.5, 0.6) is 0 Å². The molecular weight excluding hydrogens is 442 g/mol. The fraction of sp³-hybridized carbons (Fsp3) is 0.143. The van der Waals surface area contributed by atoms with Crippen molar-refractivity contribution >= 4 is 27.5 Å². The zero-order valence-corrected chi connectivity index (χ0v) is 14.0. The average molecular weight is 446 g/mol. The quantitative estimate of drug-likeness (QED) is 0.569. The van der Waals surface area contributed by atoms with E-state index in [1.165, 1.54) is 6.07 Å². The van der Waals surface area contributed by atoms with Crippen molar-refractivity contribution in [3.63, 3.8) is 0 Å². The number of halogens is 8. The maximum Gasteiger partial charge on any atom is 0.417 e. The number of nitriles is 1. The molecule has 11 heteroatoms. The molecule has 0 aliphatic heterocycles. The highest BCUT2D eigenvalue weighted by Crippen LogP contribution is 2.37. The molecule has 0 aliphatic rings. The zero-order chi connectivity index (χ0) is 19.2. The molecule has 0 amide bonds. The summed E-state index contributed by atoms with van der Waals surface area (Å²) >= 11 is 8.41. The lowest BCUT2D eigenvalue weighted by molar-refractivity contribution is -0.138. The Labute approximate surface area is 149 Å². The predicted octanol–water partition coefficient (Wildman–Crippen LogP) is 5.16. The van der Waals surface area contributed by atoms with Gasteiger partial charge < -0.3 is 0 Å². The van der Waals surface area contributed by atoms with Crippen molar-refractivity contribution in [2.45, 2.75) is 12.4 Å². The summed E-state index contributed by atoms with van der Waals surface area (Å²) in [4.78, 5) is 12.0. The number of rotatable bonds is 1. The molecule has 1 aromatic carbocycles. The van der Waals surface area contributed by atoms with Crippen LogP contribution in [0.4, 0.5) is 26.3 Å². The van der Waals surface area contributed by atoms with E-state index in [1.807, 2.05) is 0 Å². The van der Waals surface area contributed by atoms with Gasteiger partial charge in [0.2, 0.25) is 0 Å². The number of pyridine rings is 1. The molecule has 0 radical (unpaired) electrons. The third kappa shape index (κ3) is 3.82. The highest BCUT2D eigenvalue weighted by molar-refractivity contribution is 9.10. The molecule has 0 saturated carbocycles. The van der Waals surface area contributed by atoms with Crippen LogP contribution in [-0.4, -0.2) is 4.57 Å². The van der Waals surface area contributed by atoms with Crippen LogP contribution in [0.3, 0.4) is 0 Å². The van der Waals surface area contributed by atoms with Crippen molar-refractivity contribution in [1.82, 2.24) is 4.57 Å². The van der Waals surface area contributed by atoms with Crippen LogP contribution in [0.15, 0.2) is 33.7 Å². The topological polar surface area (TPSA) is 45.8 Å². The Balaban J connectivity index is 2.78. The van der Waals surface area contributed by atoms with Gasteiger partial charge in [0, 0.05) is 16.7 Å². The Morgan fingerprint density at radius 3 is 2.16 bits per heavy atom. The van der Waals surface area contributed by atoms with E-state index in [9.17, 15) is 31.1 Å². The molecule has 0 aliphatic carbocycles. The molecule has 0 fully saturated rings. The summed E-state index contributed by atoms with van der Waals surface area (Å²) in [5, 5.41) is 8.44. The molecule has 0 N–H and O–H groups in total. The zero-order valence-electron chi connectivity index (χ0n) is 11.6. The lowest BCUT2D eigenvalue weighted by Crippen LogP contribution is -2.22. The molecule has 2 aromatic rings. The number of alkyl halides is 6. The second-order valence-corrected chi connectivity index (χ2v) is 5.97. The molecular formula is C14H4BrClF6N2O. The molecule has 25 heavy (non-hydrogen) atoms. The SMILES string of the molecule is N#Cc1cc(C(F)(F)F)cc(Cl)c1-n1cc(Br)c(C(F)(F)F)cc1=O. The summed E-state index contributed by atoms with van der Waals surface area (Å²) in [7, 11) is 0. The number of benzene rings is 1. The lowest BCUT2D eigenvalue weighted by atomic mass is 10.1. The van der Waals surface area contributed by atoms with E-state index in [0.717, 1.165) is 0 Å². The molecule has 0 spiro atoms. The number of hydrogen-bond acceptors (Lipinski definition) is 2. The van der Waals surface area contributed by atoms with Gasteiger partial charge in [0.05, 0.1) is 27.4 Å². The van der Waals surface area contributed by atoms with Gasteiger partial charge in [-0.05, 0) is 28.1 Å². The second kappa shape index (κ2) is 6.38. The molecule has 0 unspecified atom stereocenters. The van der Waals surface area contributed by atoms with E-state index in [-0.39, 0.29) is 6.07 Å². The van der Waals surface area contributed by atoms with Crippen molar-refractivity contribution in [2.75, 3.05) is 0 Å². The summed E-state index contributed by atoms with van der Waals surface area (Å²) < 4.78 is 76.7. The monoisotopic (exact) mass is 444 g/mol. The first kappa shape index (κ1) is 19.3. The van der Waals surface area contributed by atoms with Gasteiger partial charge in [-0.15, -0.1) is 0 Å². The first-order valence-corrected chi connectivity index (χ1v) is 7.34. The van der Waals surface area contributed by atoms with Crippen LogP contribution < -0.4 is 5.56 Å². The Kier molecular flexibility index (Phi) is 4.94. The minimum Gasteiger partial charge on any atom is -0.280 e. The third-order valence-electron chi connectivity index (χ3n) is 3.06. The van der Waals surface area contributed by atoms with Gasteiger partial charge in [-0.2, -0.15) is 31.6 Å². The van der Waals surface area contributed by atoms with Crippen molar-refractivity contribution < 1.29 is 26.3 Å². The Morgan fingerprint density at radius 2 is 1.68 bits per heavy atom. The Bertz CT molecular complexity index is 943. The van der Waals surface area contributed by atoms with Gasteiger partial charge in [0.15, 0.2) is 0 Å². The fourth-order valence-corrected chi connectivity index (χ4v) is 2.85. The molecule has 132 valence electrons. The van der Waals surface area contributed by atoms with Gasteiger partial charge in [0.25, 0.3) is 5.56 Å². The van der Waals surface area contributed by atoms with Gasteiger partial charge in [-0.1, -0.05) is 11.6 Å². The summed E-state index contributed by atoms with van der Waals surface area (Å²) in [6.07, 6.45) is -8.92. The standard InChI is InChI=1S/C14H4BrClF6N2O/c15-9-5-24(11(25)3-8(9)14(20,21)22)12-6(4-23)1-7(2-10(12)16)13(17,18)19/h1-3,5H. The maximum atomic E-state index is 12.8. The molecule has 1 heterocycles. The van der Waals surface area contributed by atoms with Gasteiger partial charge >= 0.3 is 12.4 Å².